The number of halogens is 1. The van der Waals surface area contributed by atoms with Gasteiger partial charge in [0.15, 0.2) is 17.3 Å². The first-order valence-corrected chi connectivity index (χ1v) is 5.06. The van der Waals surface area contributed by atoms with Gasteiger partial charge in [0.1, 0.15) is 6.61 Å². The van der Waals surface area contributed by atoms with E-state index in [1.165, 1.54) is 0 Å². The zero-order valence-corrected chi connectivity index (χ0v) is 9.50. The van der Waals surface area contributed by atoms with Crippen LogP contribution in [0.2, 0.25) is 0 Å². The molecule has 0 radical (unpaired) electrons. The van der Waals surface area contributed by atoms with Gasteiger partial charge in [0.05, 0.1) is 13.0 Å². The molecule has 0 saturated carbocycles. The van der Waals surface area contributed by atoms with E-state index in [0.29, 0.717) is 11.5 Å². The van der Waals surface area contributed by atoms with Crippen molar-refractivity contribution in [3.8, 4) is 11.5 Å². The molecule has 0 saturated heterocycles. The summed E-state index contributed by atoms with van der Waals surface area (Å²) in [6.07, 6.45) is 0. The smallest absolute Gasteiger partial charge is 0.184 e. The van der Waals surface area contributed by atoms with Crippen LogP contribution in [0.25, 0.3) is 0 Å². The molecule has 0 amide bonds. The molecule has 4 heteroatoms. The van der Waals surface area contributed by atoms with E-state index in [1.807, 2.05) is 19.1 Å². The van der Waals surface area contributed by atoms with Crippen molar-refractivity contribution in [2.24, 2.45) is 0 Å². The summed E-state index contributed by atoms with van der Waals surface area (Å²) < 4.78 is 10.4. The Bertz CT molecular complexity index is 350. The lowest BCUT2D eigenvalue weighted by Gasteiger charge is -2.09. The number of benzene rings is 1. The van der Waals surface area contributed by atoms with Crippen LogP contribution in [0.1, 0.15) is 5.56 Å². The fourth-order valence-corrected chi connectivity index (χ4v) is 1.17. The van der Waals surface area contributed by atoms with E-state index in [1.54, 1.807) is 13.2 Å². The summed E-state index contributed by atoms with van der Waals surface area (Å²) in [5.41, 5.74) is 1.07. The Hall–Kier alpha value is -1.22. The number of hydrogen-bond acceptors (Lipinski definition) is 3. The van der Waals surface area contributed by atoms with Gasteiger partial charge >= 0.3 is 0 Å². The van der Waals surface area contributed by atoms with E-state index in [0.717, 1.165) is 5.56 Å². The number of methoxy groups -OCH3 is 1. The highest BCUT2D eigenvalue weighted by Crippen LogP contribution is 2.27. The fraction of sp³-hybridized carbons (Fsp3) is 0.364. The van der Waals surface area contributed by atoms with E-state index in [9.17, 15) is 4.79 Å². The van der Waals surface area contributed by atoms with Crippen molar-refractivity contribution in [2.45, 2.75) is 6.92 Å². The second-order valence-corrected chi connectivity index (χ2v) is 3.38. The van der Waals surface area contributed by atoms with Gasteiger partial charge in [-0.15, -0.1) is 11.6 Å². The summed E-state index contributed by atoms with van der Waals surface area (Å²) in [4.78, 5) is 11.0. The number of hydrogen-bond donors (Lipinski definition) is 0. The molecule has 0 aliphatic heterocycles. The molecule has 0 aliphatic rings. The number of ketones is 1. The quantitative estimate of drug-likeness (QED) is 0.725. The van der Waals surface area contributed by atoms with Gasteiger partial charge in [0.2, 0.25) is 0 Å². The first kappa shape index (κ1) is 11.9. The minimum absolute atomic E-state index is 0.0249. The largest absolute Gasteiger partial charge is 0.493 e. The molecule has 0 fully saturated rings. The van der Waals surface area contributed by atoms with Crippen LogP contribution in [0.5, 0.6) is 11.5 Å². The Kier molecular flexibility index (Phi) is 4.43. The van der Waals surface area contributed by atoms with Crippen LogP contribution in [0.15, 0.2) is 18.2 Å². The van der Waals surface area contributed by atoms with Crippen molar-refractivity contribution in [2.75, 3.05) is 19.6 Å². The molecule has 0 spiro atoms. The van der Waals surface area contributed by atoms with Gasteiger partial charge in [-0.2, -0.15) is 0 Å². The molecular formula is C11H13ClO3. The highest BCUT2D eigenvalue weighted by Gasteiger charge is 2.06. The van der Waals surface area contributed by atoms with Crippen LogP contribution in [-0.4, -0.2) is 25.4 Å². The van der Waals surface area contributed by atoms with Crippen molar-refractivity contribution >= 4 is 17.4 Å². The fourth-order valence-electron chi connectivity index (χ4n) is 1.09. The van der Waals surface area contributed by atoms with Crippen LogP contribution in [0, 0.1) is 6.92 Å². The number of alkyl halides is 1. The standard InChI is InChI=1S/C11H13ClO3/c1-8-3-4-10(11(5-8)14-2)15-7-9(13)6-12/h3-5H,6-7H2,1-2H3. The molecule has 15 heavy (non-hydrogen) atoms. The first-order chi connectivity index (χ1) is 7.17. The van der Waals surface area contributed by atoms with Gasteiger partial charge in [-0.25, -0.2) is 0 Å². The van der Waals surface area contributed by atoms with Gasteiger partial charge in [-0.05, 0) is 24.6 Å². The molecule has 1 aromatic rings. The van der Waals surface area contributed by atoms with Gasteiger partial charge in [0.25, 0.3) is 0 Å². The summed E-state index contributed by atoms with van der Waals surface area (Å²) in [6, 6.07) is 5.51. The predicted octanol–water partition coefficient (Wildman–Crippen LogP) is 2.19. The number of aryl methyl sites for hydroxylation is 1. The van der Waals surface area contributed by atoms with Crippen molar-refractivity contribution in [3.63, 3.8) is 0 Å². The lowest BCUT2D eigenvalue weighted by Crippen LogP contribution is -2.12. The van der Waals surface area contributed by atoms with E-state index in [-0.39, 0.29) is 18.3 Å². The molecule has 0 aliphatic carbocycles. The molecule has 3 nitrogen and oxygen atoms in total. The molecule has 1 aromatic carbocycles. The van der Waals surface area contributed by atoms with Crippen molar-refractivity contribution < 1.29 is 14.3 Å². The summed E-state index contributed by atoms with van der Waals surface area (Å²) in [7, 11) is 1.56. The molecular weight excluding hydrogens is 216 g/mol. The summed E-state index contributed by atoms with van der Waals surface area (Å²) in [6.45, 7) is 1.93. The normalized spacial score (nSPS) is 9.80. The molecule has 1 rings (SSSR count). The van der Waals surface area contributed by atoms with Gasteiger partial charge < -0.3 is 9.47 Å². The van der Waals surface area contributed by atoms with Gasteiger partial charge in [-0.3, -0.25) is 4.79 Å². The maximum Gasteiger partial charge on any atom is 0.184 e. The van der Waals surface area contributed by atoms with Crippen LogP contribution in [-0.2, 0) is 4.79 Å². The molecule has 0 N–H and O–H groups in total. The van der Waals surface area contributed by atoms with Crippen LogP contribution in [0.3, 0.4) is 0 Å². The van der Waals surface area contributed by atoms with Crippen molar-refractivity contribution in [1.29, 1.82) is 0 Å². The van der Waals surface area contributed by atoms with E-state index >= 15 is 0 Å². The summed E-state index contributed by atoms with van der Waals surface area (Å²) in [5, 5.41) is 0. The Morgan fingerprint density at radius 3 is 2.73 bits per heavy atom. The Morgan fingerprint density at radius 1 is 1.40 bits per heavy atom. The third kappa shape index (κ3) is 3.44. The van der Waals surface area contributed by atoms with Crippen LogP contribution < -0.4 is 9.47 Å². The van der Waals surface area contributed by atoms with Crippen LogP contribution in [0.4, 0.5) is 0 Å². The minimum Gasteiger partial charge on any atom is -0.493 e. The zero-order chi connectivity index (χ0) is 11.3. The maximum atomic E-state index is 11.0. The lowest BCUT2D eigenvalue weighted by atomic mass is 10.2. The Morgan fingerprint density at radius 2 is 2.13 bits per heavy atom. The lowest BCUT2D eigenvalue weighted by molar-refractivity contribution is -0.118. The number of rotatable bonds is 5. The topological polar surface area (TPSA) is 35.5 Å². The van der Waals surface area contributed by atoms with E-state index < -0.39 is 0 Å². The van der Waals surface area contributed by atoms with Crippen LogP contribution >= 0.6 is 11.6 Å². The number of carbonyl (C=O) groups is 1. The SMILES string of the molecule is COc1cc(C)ccc1OCC(=O)CCl. The van der Waals surface area contributed by atoms with E-state index in [2.05, 4.69) is 0 Å². The number of ether oxygens (including phenoxy) is 2. The highest BCUT2D eigenvalue weighted by molar-refractivity contribution is 6.27. The Labute approximate surface area is 93.9 Å². The third-order valence-electron chi connectivity index (χ3n) is 1.86. The monoisotopic (exact) mass is 228 g/mol. The van der Waals surface area contributed by atoms with Crippen molar-refractivity contribution in [3.05, 3.63) is 23.8 Å². The minimum atomic E-state index is -0.153. The average Bonchev–Trinajstić information content (AvgIpc) is 2.26. The first-order valence-electron chi connectivity index (χ1n) is 4.52. The third-order valence-corrected chi connectivity index (χ3v) is 2.15. The van der Waals surface area contributed by atoms with Gasteiger partial charge in [0, 0.05) is 0 Å². The summed E-state index contributed by atoms with van der Waals surface area (Å²) >= 11 is 5.36. The molecule has 0 unspecified atom stereocenters. The second kappa shape index (κ2) is 5.61. The maximum absolute atomic E-state index is 11.0. The molecule has 0 aromatic heterocycles. The average molecular weight is 229 g/mol. The van der Waals surface area contributed by atoms with Crippen molar-refractivity contribution in [1.82, 2.24) is 0 Å². The molecule has 82 valence electrons. The number of carbonyl (C=O) groups excluding carboxylic acids is 1. The molecule has 0 atom stereocenters. The number of Topliss-reactive ketones (excluding diaryl/α,β-unsaturated/α-hetero) is 1. The highest BCUT2D eigenvalue weighted by atomic mass is 35.5. The van der Waals surface area contributed by atoms with E-state index in [4.69, 9.17) is 21.1 Å². The summed E-state index contributed by atoms with van der Waals surface area (Å²) in [5.74, 6) is 0.993. The zero-order valence-electron chi connectivity index (χ0n) is 8.75. The van der Waals surface area contributed by atoms with Gasteiger partial charge in [-0.1, -0.05) is 6.07 Å². The molecule has 0 bridgehead atoms. The molecule has 0 heterocycles. The predicted molar refractivity (Wildman–Crippen MR) is 59.0 cm³/mol. The second-order valence-electron chi connectivity index (χ2n) is 3.12. The Balaban J connectivity index is 2.72.